The summed E-state index contributed by atoms with van der Waals surface area (Å²) in [5.41, 5.74) is 3.05. The molecule has 0 bridgehead atoms. The van der Waals surface area contributed by atoms with Crippen molar-refractivity contribution in [2.45, 2.75) is 37.2 Å². The van der Waals surface area contributed by atoms with E-state index in [9.17, 15) is 14.4 Å². The number of amides is 1. The predicted molar refractivity (Wildman–Crippen MR) is 139 cm³/mol. The molecule has 4 aromatic rings. The lowest BCUT2D eigenvalue weighted by molar-refractivity contribution is -0.115. The van der Waals surface area contributed by atoms with E-state index in [4.69, 9.17) is 0 Å². The van der Waals surface area contributed by atoms with Gasteiger partial charge in [0.05, 0.1) is 5.25 Å². The number of hydrogen-bond donors (Lipinski definition) is 1. The van der Waals surface area contributed by atoms with E-state index in [0.29, 0.717) is 46.1 Å². The van der Waals surface area contributed by atoms with E-state index >= 15 is 0 Å². The van der Waals surface area contributed by atoms with Gasteiger partial charge < -0.3 is 9.88 Å². The van der Waals surface area contributed by atoms with Crippen LogP contribution in [-0.2, 0) is 17.8 Å². The number of carbonyl (C=O) groups excluding carboxylic acids is 3. The van der Waals surface area contributed by atoms with Gasteiger partial charge in [-0.3, -0.25) is 14.4 Å². The van der Waals surface area contributed by atoms with Crippen LogP contribution in [0.5, 0.6) is 0 Å². The molecular weight excluding hydrogens is 472 g/mol. The Bertz CT molecular complexity index is 1480. The molecule has 5 rings (SSSR count). The summed E-state index contributed by atoms with van der Waals surface area (Å²) < 4.78 is 2.02. The highest BCUT2D eigenvalue weighted by Gasteiger charge is 2.29. The second-order valence-corrected chi connectivity index (χ2v) is 9.83. The van der Waals surface area contributed by atoms with Gasteiger partial charge in [-0.2, -0.15) is 0 Å². The van der Waals surface area contributed by atoms with E-state index in [1.807, 2.05) is 41.8 Å². The lowest BCUT2D eigenvalue weighted by Crippen LogP contribution is -2.24. The molecule has 1 heterocycles. The number of ketones is 2. The zero-order valence-electron chi connectivity index (χ0n) is 19.9. The highest BCUT2D eigenvalue weighted by Crippen LogP contribution is 2.30. The molecule has 3 aromatic carbocycles. The number of anilines is 1. The number of hydrogen-bond acceptors (Lipinski definition) is 6. The molecule has 0 spiro atoms. The summed E-state index contributed by atoms with van der Waals surface area (Å²) in [6, 6.07) is 21.7. The molecule has 8 heteroatoms. The largest absolute Gasteiger partial charge is 0.325 e. The van der Waals surface area contributed by atoms with Crippen molar-refractivity contribution < 1.29 is 14.4 Å². The van der Waals surface area contributed by atoms with E-state index in [1.165, 1.54) is 11.8 Å². The van der Waals surface area contributed by atoms with Crippen molar-refractivity contribution in [2.24, 2.45) is 0 Å². The second-order valence-electron chi connectivity index (χ2n) is 8.52. The number of aromatic nitrogens is 3. The highest BCUT2D eigenvalue weighted by atomic mass is 32.2. The molecule has 1 amide bonds. The molecule has 36 heavy (non-hydrogen) atoms. The minimum atomic E-state index is -0.460. The van der Waals surface area contributed by atoms with Gasteiger partial charge in [-0.15, -0.1) is 10.2 Å². The summed E-state index contributed by atoms with van der Waals surface area (Å²) >= 11 is 1.33. The zero-order valence-corrected chi connectivity index (χ0v) is 20.7. The number of carbonyl (C=O) groups is 3. The maximum absolute atomic E-state index is 13.0. The fraction of sp³-hybridized carbons (Fsp3) is 0.179. The van der Waals surface area contributed by atoms with Crippen LogP contribution in [0.15, 0.2) is 78.0 Å². The molecule has 1 aliphatic rings. The Kier molecular flexibility index (Phi) is 6.52. The van der Waals surface area contributed by atoms with Crippen LogP contribution in [0.2, 0.25) is 0 Å². The summed E-state index contributed by atoms with van der Waals surface area (Å²) in [5.74, 6) is 0.204. The minimum Gasteiger partial charge on any atom is -0.325 e. The van der Waals surface area contributed by atoms with Crippen molar-refractivity contribution in [3.05, 3.63) is 106 Å². The summed E-state index contributed by atoms with van der Waals surface area (Å²) in [7, 11) is 0. The van der Waals surface area contributed by atoms with Crippen LogP contribution < -0.4 is 5.32 Å². The molecule has 0 fully saturated rings. The fourth-order valence-corrected chi connectivity index (χ4v) is 5.20. The van der Waals surface area contributed by atoms with Gasteiger partial charge in [0.2, 0.25) is 5.91 Å². The third kappa shape index (κ3) is 4.47. The molecule has 1 aliphatic carbocycles. The molecule has 180 valence electrons. The smallest absolute Gasteiger partial charge is 0.237 e. The lowest BCUT2D eigenvalue weighted by Gasteiger charge is -2.18. The molecule has 1 atom stereocenters. The Hall–Kier alpha value is -4.04. The monoisotopic (exact) mass is 496 g/mol. The maximum atomic E-state index is 13.0. The van der Waals surface area contributed by atoms with E-state index < -0.39 is 5.25 Å². The third-order valence-electron chi connectivity index (χ3n) is 6.16. The molecule has 7 nitrogen and oxygen atoms in total. The molecule has 0 saturated carbocycles. The van der Waals surface area contributed by atoms with Crippen LogP contribution >= 0.6 is 11.8 Å². The van der Waals surface area contributed by atoms with Crippen molar-refractivity contribution in [1.29, 1.82) is 0 Å². The van der Waals surface area contributed by atoms with Gasteiger partial charge in [0.1, 0.15) is 5.82 Å². The third-order valence-corrected chi connectivity index (χ3v) is 7.24. The average Bonchev–Trinajstić information content (AvgIpc) is 3.28. The Balaban J connectivity index is 1.30. The molecular formula is C28H24N4O3S. The Morgan fingerprint density at radius 3 is 2.22 bits per heavy atom. The van der Waals surface area contributed by atoms with Gasteiger partial charge in [0, 0.05) is 40.9 Å². The number of benzene rings is 3. The van der Waals surface area contributed by atoms with Gasteiger partial charge in [-0.25, -0.2) is 0 Å². The minimum absolute atomic E-state index is 0.188. The van der Waals surface area contributed by atoms with Crippen LogP contribution in [0, 0.1) is 0 Å². The van der Waals surface area contributed by atoms with Crippen LogP contribution in [0.25, 0.3) is 0 Å². The Morgan fingerprint density at radius 2 is 1.53 bits per heavy atom. The summed E-state index contributed by atoms with van der Waals surface area (Å²) in [5, 5.41) is 11.8. The molecule has 1 aromatic heterocycles. The SMILES string of the molecule is CCn1c(Cc2ccccc2)nnc1S[C@H](C)C(=O)Nc1ccc2c(c1)C(=O)c1ccccc1C2=O. The first-order chi connectivity index (χ1) is 17.5. The molecule has 0 radical (unpaired) electrons. The van der Waals surface area contributed by atoms with Crippen LogP contribution in [0.3, 0.4) is 0 Å². The van der Waals surface area contributed by atoms with Gasteiger partial charge in [-0.1, -0.05) is 66.4 Å². The topological polar surface area (TPSA) is 93.9 Å². The van der Waals surface area contributed by atoms with Gasteiger partial charge >= 0.3 is 0 Å². The summed E-state index contributed by atoms with van der Waals surface area (Å²) in [6.07, 6.45) is 0.661. The predicted octanol–water partition coefficient (Wildman–Crippen LogP) is 4.78. The van der Waals surface area contributed by atoms with E-state index in [-0.39, 0.29) is 17.5 Å². The molecule has 0 aliphatic heterocycles. The highest BCUT2D eigenvalue weighted by molar-refractivity contribution is 8.00. The molecule has 0 saturated heterocycles. The van der Waals surface area contributed by atoms with E-state index in [1.54, 1.807) is 49.4 Å². The Morgan fingerprint density at radius 1 is 0.889 bits per heavy atom. The molecule has 1 N–H and O–H groups in total. The van der Waals surface area contributed by atoms with Crippen LogP contribution in [0.4, 0.5) is 5.69 Å². The maximum Gasteiger partial charge on any atom is 0.237 e. The first-order valence-corrected chi connectivity index (χ1v) is 12.6. The lowest BCUT2D eigenvalue weighted by atomic mass is 9.84. The van der Waals surface area contributed by atoms with Crippen molar-refractivity contribution >= 4 is 34.9 Å². The van der Waals surface area contributed by atoms with Gasteiger partial charge in [-0.05, 0) is 37.6 Å². The summed E-state index contributed by atoms with van der Waals surface area (Å²) in [6.45, 7) is 4.51. The first kappa shape index (κ1) is 23.7. The number of thioether (sulfide) groups is 1. The quantitative estimate of drug-likeness (QED) is 0.326. The average molecular weight is 497 g/mol. The summed E-state index contributed by atoms with van der Waals surface area (Å²) in [4.78, 5) is 38.8. The van der Waals surface area contributed by atoms with Crippen LogP contribution in [0.1, 0.15) is 57.1 Å². The fourth-order valence-electron chi connectivity index (χ4n) is 4.27. The van der Waals surface area contributed by atoms with Crippen molar-refractivity contribution in [3.63, 3.8) is 0 Å². The zero-order chi connectivity index (χ0) is 25.2. The second kappa shape index (κ2) is 9.91. The number of nitrogens with zero attached hydrogens (tertiary/aromatic N) is 3. The number of fused-ring (bicyclic) bond motifs is 2. The Labute approximate surface area is 213 Å². The van der Waals surface area contributed by atoms with Crippen LogP contribution in [-0.4, -0.2) is 37.5 Å². The molecule has 0 unspecified atom stereocenters. The normalized spacial score (nSPS) is 13.2. The van der Waals surface area contributed by atoms with Gasteiger partial charge in [0.15, 0.2) is 16.7 Å². The standard InChI is InChI=1S/C28H24N4O3S/c1-3-32-24(15-18-9-5-4-6-10-18)30-31-28(32)36-17(2)27(35)29-19-13-14-22-23(16-19)26(34)21-12-8-7-11-20(21)25(22)33/h4-14,16-17H,3,15H2,1-2H3,(H,29,35)/t17-/m1/s1. The number of nitrogens with one attached hydrogen (secondary N) is 1. The first-order valence-electron chi connectivity index (χ1n) is 11.7. The van der Waals surface area contributed by atoms with E-state index in [0.717, 1.165) is 11.4 Å². The van der Waals surface area contributed by atoms with Crippen molar-refractivity contribution in [2.75, 3.05) is 5.32 Å². The van der Waals surface area contributed by atoms with Crippen molar-refractivity contribution in [1.82, 2.24) is 14.8 Å². The van der Waals surface area contributed by atoms with Crippen molar-refractivity contribution in [3.8, 4) is 0 Å². The van der Waals surface area contributed by atoms with Gasteiger partial charge in [0.25, 0.3) is 0 Å². The van der Waals surface area contributed by atoms with E-state index in [2.05, 4.69) is 15.5 Å². The number of rotatable bonds is 7.